The fraction of sp³-hybridized carbons (Fsp3) is 0.176. The molecular formula is C17H14ClIO3S. The maximum absolute atomic E-state index is 12.5. The van der Waals surface area contributed by atoms with E-state index in [1.54, 1.807) is 18.2 Å². The molecule has 0 aromatic heterocycles. The molecule has 0 amide bonds. The number of hydrogen-bond acceptors (Lipinski definition) is 3. The van der Waals surface area contributed by atoms with Crippen LogP contribution < -0.4 is 0 Å². The second-order valence-electron chi connectivity index (χ2n) is 4.85. The molecule has 1 atom stereocenters. The molecule has 120 valence electrons. The van der Waals surface area contributed by atoms with Gasteiger partial charge in [-0.15, -0.1) is 11.8 Å². The average molecular weight is 461 g/mol. The summed E-state index contributed by atoms with van der Waals surface area (Å²) in [5.41, 5.74) is 1.41. The lowest BCUT2D eigenvalue weighted by molar-refractivity contribution is -0.133. The number of ketones is 1. The molecule has 0 fully saturated rings. The van der Waals surface area contributed by atoms with Crippen molar-refractivity contribution in [2.24, 2.45) is 0 Å². The first kappa shape index (κ1) is 18.3. The summed E-state index contributed by atoms with van der Waals surface area (Å²) in [6.07, 6.45) is 0.211. The topological polar surface area (TPSA) is 54.4 Å². The summed E-state index contributed by atoms with van der Waals surface area (Å²) in [7, 11) is 0. The van der Waals surface area contributed by atoms with E-state index in [-0.39, 0.29) is 23.2 Å². The Balaban J connectivity index is 2.20. The van der Waals surface area contributed by atoms with Crippen molar-refractivity contribution in [3.8, 4) is 0 Å². The summed E-state index contributed by atoms with van der Waals surface area (Å²) >= 11 is 9.61. The van der Waals surface area contributed by atoms with Crippen molar-refractivity contribution >= 4 is 57.7 Å². The second kappa shape index (κ2) is 8.70. The number of benzene rings is 2. The highest BCUT2D eigenvalue weighted by Crippen LogP contribution is 2.37. The average Bonchev–Trinajstić information content (AvgIpc) is 2.52. The summed E-state index contributed by atoms with van der Waals surface area (Å²) in [4.78, 5) is 23.4. The first-order valence-electron chi connectivity index (χ1n) is 6.84. The van der Waals surface area contributed by atoms with E-state index in [0.29, 0.717) is 10.6 Å². The van der Waals surface area contributed by atoms with Gasteiger partial charge in [0.1, 0.15) is 0 Å². The molecule has 0 aliphatic rings. The van der Waals surface area contributed by atoms with Gasteiger partial charge in [-0.3, -0.25) is 9.59 Å². The Hall–Kier alpha value is -1.05. The van der Waals surface area contributed by atoms with Crippen molar-refractivity contribution in [3.63, 3.8) is 0 Å². The summed E-state index contributed by atoms with van der Waals surface area (Å²) in [5, 5.41) is 9.18. The van der Waals surface area contributed by atoms with Crippen LogP contribution in [-0.4, -0.2) is 22.6 Å². The van der Waals surface area contributed by atoms with Gasteiger partial charge in [0.25, 0.3) is 0 Å². The van der Waals surface area contributed by atoms with Gasteiger partial charge in [0.2, 0.25) is 0 Å². The van der Waals surface area contributed by atoms with Gasteiger partial charge in [-0.05, 0) is 46.4 Å². The van der Waals surface area contributed by atoms with Gasteiger partial charge in [-0.1, -0.05) is 41.9 Å². The summed E-state index contributed by atoms with van der Waals surface area (Å²) in [5.74, 6) is -1.01. The van der Waals surface area contributed by atoms with Crippen LogP contribution in [0, 0.1) is 3.57 Å². The van der Waals surface area contributed by atoms with E-state index in [1.165, 1.54) is 11.8 Å². The van der Waals surface area contributed by atoms with E-state index in [2.05, 4.69) is 22.6 Å². The number of hydrogen-bond donors (Lipinski definition) is 1. The van der Waals surface area contributed by atoms with E-state index < -0.39 is 5.97 Å². The van der Waals surface area contributed by atoms with Gasteiger partial charge in [0.15, 0.2) is 5.78 Å². The number of aliphatic carboxylic acids is 1. The van der Waals surface area contributed by atoms with E-state index >= 15 is 0 Å². The highest BCUT2D eigenvalue weighted by atomic mass is 127. The van der Waals surface area contributed by atoms with Crippen molar-refractivity contribution < 1.29 is 14.7 Å². The molecule has 23 heavy (non-hydrogen) atoms. The number of carbonyl (C=O) groups excluding carboxylic acids is 1. The number of rotatable bonds is 7. The number of carbonyl (C=O) groups is 2. The van der Waals surface area contributed by atoms with Crippen molar-refractivity contribution in [1.82, 2.24) is 0 Å². The lowest BCUT2D eigenvalue weighted by atomic mass is 10.0. The van der Waals surface area contributed by atoms with Crippen LogP contribution in [0.5, 0.6) is 0 Å². The number of thioether (sulfide) groups is 1. The number of carboxylic acid groups (broad SMARTS) is 1. The molecule has 0 heterocycles. The minimum atomic E-state index is -0.909. The Labute approximate surface area is 157 Å². The zero-order chi connectivity index (χ0) is 16.8. The van der Waals surface area contributed by atoms with Gasteiger partial charge < -0.3 is 5.11 Å². The van der Waals surface area contributed by atoms with Gasteiger partial charge in [0, 0.05) is 25.8 Å². The van der Waals surface area contributed by atoms with Gasteiger partial charge in [0.05, 0.1) is 5.75 Å². The van der Waals surface area contributed by atoms with Gasteiger partial charge in [-0.25, -0.2) is 0 Å². The molecule has 0 bridgehead atoms. The Bertz CT molecular complexity index is 703. The predicted molar refractivity (Wildman–Crippen MR) is 102 cm³/mol. The highest BCUT2D eigenvalue weighted by Gasteiger charge is 2.21. The van der Waals surface area contributed by atoms with Crippen LogP contribution in [0.2, 0.25) is 5.02 Å². The van der Waals surface area contributed by atoms with Gasteiger partial charge >= 0.3 is 5.97 Å². The van der Waals surface area contributed by atoms with Crippen LogP contribution in [0.25, 0.3) is 0 Å². The largest absolute Gasteiger partial charge is 0.481 e. The van der Waals surface area contributed by atoms with Crippen molar-refractivity contribution in [2.45, 2.75) is 11.7 Å². The third-order valence-electron chi connectivity index (χ3n) is 3.20. The van der Waals surface area contributed by atoms with Crippen LogP contribution in [0.1, 0.15) is 27.6 Å². The summed E-state index contributed by atoms with van der Waals surface area (Å²) in [6, 6.07) is 14.6. The van der Waals surface area contributed by atoms with Crippen LogP contribution in [0.3, 0.4) is 0 Å². The number of carboxylic acids is 1. The Morgan fingerprint density at radius 3 is 2.39 bits per heavy atom. The fourth-order valence-corrected chi connectivity index (χ4v) is 3.78. The molecular weight excluding hydrogens is 447 g/mol. The molecule has 0 aliphatic carbocycles. The summed E-state index contributed by atoms with van der Waals surface area (Å²) in [6.45, 7) is 0. The molecule has 0 aliphatic heterocycles. The molecule has 6 heteroatoms. The quantitative estimate of drug-likeness (QED) is 0.463. The van der Waals surface area contributed by atoms with Crippen molar-refractivity contribution in [2.75, 3.05) is 5.75 Å². The first-order valence-corrected chi connectivity index (χ1v) is 9.34. The first-order chi connectivity index (χ1) is 11.0. The standard InChI is InChI=1S/C17H14ClIO3S/c18-14-4-2-1-3-13(14)16(23-10-17(21)22)9-15(20)11-5-7-12(19)8-6-11/h1-8,16H,9-10H2,(H,21,22). The van der Waals surface area contributed by atoms with Gasteiger partial charge in [-0.2, -0.15) is 0 Å². The lowest BCUT2D eigenvalue weighted by Crippen LogP contribution is -2.09. The van der Waals surface area contributed by atoms with Crippen LogP contribution in [-0.2, 0) is 4.79 Å². The van der Waals surface area contributed by atoms with E-state index in [1.807, 2.05) is 30.3 Å². The normalized spacial score (nSPS) is 11.9. The predicted octanol–water partition coefficient (Wildman–Crippen LogP) is 5.08. The number of Topliss-reactive ketones (excluding diaryl/α,β-unsaturated/α-hetero) is 1. The fourth-order valence-electron chi connectivity index (χ4n) is 2.09. The molecule has 1 unspecified atom stereocenters. The minimum absolute atomic E-state index is 0.0239. The molecule has 2 aromatic rings. The molecule has 1 N–H and O–H groups in total. The Morgan fingerprint density at radius 1 is 1.13 bits per heavy atom. The number of halogens is 2. The maximum Gasteiger partial charge on any atom is 0.313 e. The van der Waals surface area contributed by atoms with E-state index in [4.69, 9.17) is 16.7 Å². The molecule has 0 spiro atoms. The Kier molecular flexibility index (Phi) is 6.92. The van der Waals surface area contributed by atoms with E-state index in [9.17, 15) is 9.59 Å². The smallest absolute Gasteiger partial charge is 0.313 e. The molecule has 2 rings (SSSR count). The van der Waals surface area contributed by atoms with Crippen LogP contribution >= 0.6 is 46.0 Å². The van der Waals surface area contributed by atoms with E-state index in [0.717, 1.165) is 9.13 Å². The molecule has 2 aromatic carbocycles. The lowest BCUT2D eigenvalue weighted by Gasteiger charge is -2.17. The Morgan fingerprint density at radius 2 is 1.78 bits per heavy atom. The minimum Gasteiger partial charge on any atom is -0.481 e. The maximum atomic E-state index is 12.5. The van der Waals surface area contributed by atoms with Crippen LogP contribution in [0.15, 0.2) is 48.5 Å². The molecule has 0 saturated heterocycles. The zero-order valence-corrected chi connectivity index (χ0v) is 15.8. The summed E-state index contributed by atoms with van der Waals surface area (Å²) < 4.78 is 1.06. The third kappa shape index (κ3) is 5.51. The molecule has 0 saturated carbocycles. The SMILES string of the molecule is O=C(O)CSC(CC(=O)c1ccc(I)cc1)c1ccccc1Cl. The molecule has 3 nitrogen and oxygen atoms in total. The third-order valence-corrected chi connectivity index (χ3v) is 5.50. The zero-order valence-electron chi connectivity index (χ0n) is 12.0. The van der Waals surface area contributed by atoms with Crippen molar-refractivity contribution in [3.05, 3.63) is 68.3 Å². The van der Waals surface area contributed by atoms with Crippen LogP contribution in [0.4, 0.5) is 0 Å². The van der Waals surface area contributed by atoms with Crippen molar-refractivity contribution in [1.29, 1.82) is 0 Å². The second-order valence-corrected chi connectivity index (χ2v) is 7.69. The highest BCUT2D eigenvalue weighted by molar-refractivity contribution is 14.1. The monoisotopic (exact) mass is 460 g/mol. The molecule has 0 radical (unpaired) electrons.